The van der Waals surface area contributed by atoms with Gasteiger partial charge in [0.2, 0.25) is 29.5 Å². The first-order valence-electron chi connectivity index (χ1n) is 16.1. The van der Waals surface area contributed by atoms with Gasteiger partial charge < -0.3 is 55.8 Å². The largest absolute Gasteiger partial charge is 0.379 e. The fourth-order valence-electron chi connectivity index (χ4n) is 3.77. The van der Waals surface area contributed by atoms with Gasteiger partial charge in [-0.25, -0.2) is 0 Å². The third-order valence-corrected chi connectivity index (χ3v) is 6.30. The maximum Gasteiger partial charge on any atom is 0.224 e. The van der Waals surface area contributed by atoms with Gasteiger partial charge in [0.25, 0.3) is 0 Å². The molecule has 0 aliphatic rings. The lowest BCUT2D eigenvalue weighted by molar-refractivity contribution is -0.124. The molecule has 0 saturated carbocycles. The van der Waals surface area contributed by atoms with Crippen LogP contribution < -0.4 is 32.9 Å². The van der Waals surface area contributed by atoms with Crippen molar-refractivity contribution in [2.45, 2.75) is 38.1 Å². The van der Waals surface area contributed by atoms with Crippen molar-refractivity contribution in [2.24, 2.45) is 11.5 Å². The number of nitrogens with two attached hydrogens (primary N) is 2. The average Bonchev–Trinajstić information content (AvgIpc) is 3.04. The summed E-state index contributed by atoms with van der Waals surface area (Å²) in [6.07, 6.45) is 0.735. The Balaban J connectivity index is 2.28. The van der Waals surface area contributed by atoms with Crippen molar-refractivity contribution in [3.8, 4) is 0 Å². The van der Waals surface area contributed by atoms with Gasteiger partial charge >= 0.3 is 0 Å². The maximum absolute atomic E-state index is 12.7. The molecule has 0 heterocycles. The molecule has 0 atom stereocenters. The lowest BCUT2D eigenvalue weighted by Gasteiger charge is -2.19. The number of ether oxygens (including phenoxy) is 6. The molecule has 0 saturated heterocycles. The summed E-state index contributed by atoms with van der Waals surface area (Å²) in [5, 5.41) is 8.38. The molecule has 0 aliphatic heterocycles. The van der Waals surface area contributed by atoms with Crippen molar-refractivity contribution < 1.29 is 52.4 Å². The van der Waals surface area contributed by atoms with Gasteiger partial charge in [0.05, 0.1) is 91.7 Å². The van der Waals surface area contributed by atoms with Gasteiger partial charge in [-0.2, -0.15) is 0 Å². The van der Waals surface area contributed by atoms with E-state index in [0.717, 1.165) is 11.0 Å². The highest BCUT2D eigenvalue weighted by Crippen LogP contribution is 2.00. The summed E-state index contributed by atoms with van der Waals surface area (Å²) in [4.78, 5) is 58.2. The maximum atomic E-state index is 12.7. The molecule has 1 aromatic rings. The van der Waals surface area contributed by atoms with Gasteiger partial charge in [-0.15, -0.1) is 0 Å². The molecule has 48 heavy (non-hydrogen) atoms. The molecule has 1 aromatic carbocycles. The Hall–Kier alpha value is -3.61. The monoisotopic (exact) mass is 681 g/mol. The van der Waals surface area contributed by atoms with E-state index in [1.807, 2.05) is 32.1 Å². The molecule has 0 aromatic heterocycles. The Morgan fingerprint density at radius 1 is 0.562 bits per heavy atom. The van der Waals surface area contributed by atoms with E-state index < -0.39 is 17.9 Å². The van der Waals surface area contributed by atoms with Crippen molar-refractivity contribution in [3.05, 3.63) is 29.8 Å². The van der Waals surface area contributed by atoms with Crippen LogP contribution in [0.25, 0.3) is 0 Å². The number of nitrogens with one attached hydrogen (secondary N) is 3. The molecule has 17 heteroatoms. The molecular formula is C31H52BN5O11. The molecule has 0 bridgehead atoms. The molecule has 0 unspecified atom stereocenters. The third-order valence-electron chi connectivity index (χ3n) is 6.30. The Morgan fingerprint density at radius 3 is 1.42 bits per heavy atom. The SMILES string of the molecule is Bc1ccc(CC(=O)NC(COCCC(=O)NCCOCCOCCC(N)=O)COCCC(=O)NCCOCCOCCC(N)=O)cc1. The molecular weight excluding hydrogens is 629 g/mol. The minimum atomic E-state index is -0.494. The molecule has 1 rings (SSSR count). The molecule has 0 spiro atoms. The molecule has 0 aliphatic carbocycles. The molecule has 0 radical (unpaired) electrons. The lowest BCUT2D eigenvalue weighted by Crippen LogP contribution is -2.42. The minimum absolute atomic E-state index is 0.113. The summed E-state index contributed by atoms with van der Waals surface area (Å²) in [5.41, 5.74) is 12.0. The topological polar surface area (TPSA) is 229 Å². The fourth-order valence-corrected chi connectivity index (χ4v) is 3.77. The van der Waals surface area contributed by atoms with Crippen molar-refractivity contribution in [3.63, 3.8) is 0 Å². The number of hydrogen-bond donors (Lipinski definition) is 5. The van der Waals surface area contributed by atoms with E-state index in [1.165, 1.54) is 0 Å². The first-order chi connectivity index (χ1) is 23.2. The number of hydrogen-bond acceptors (Lipinski definition) is 11. The van der Waals surface area contributed by atoms with Gasteiger partial charge in [0, 0.05) is 38.8 Å². The van der Waals surface area contributed by atoms with Crippen molar-refractivity contribution in [1.82, 2.24) is 16.0 Å². The normalized spacial score (nSPS) is 10.9. The standard InChI is InChI=1S/C31H52BN5O11/c32-25-3-1-24(2-4-25)21-31(42)37-26(22-47-13-7-29(40)35-9-15-45-19-17-43-11-5-27(33)38)23-48-14-8-30(41)36-10-16-46-20-18-44-12-6-28(34)39/h1-4,26H,5-23,32H2,(H2,33,38)(H2,34,39)(H,35,40)(H,36,41)(H,37,42). The lowest BCUT2D eigenvalue weighted by atomic mass is 9.95. The fraction of sp³-hybridized carbons (Fsp3) is 0.645. The Kier molecular flexibility index (Phi) is 25.1. The number of carbonyl (C=O) groups is 5. The molecule has 16 nitrogen and oxygen atoms in total. The average molecular weight is 682 g/mol. The highest BCUT2D eigenvalue weighted by atomic mass is 16.5. The summed E-state index contributed by atoms with van der Waals surface area (Å²) in [5.74, 6) is -1.48. The predicted molar refractivity (Wildman–Crippen MR) is 178 cm³/mol. The zero-order valence-electron chi connectivity index (χ0n) is 28.0. The van der Waals surface area contributed by atoms with Crippen LogP contribution in [0.2, 0.25) is 0 Å². The smallest absolute Gasteiger partial charge is 0.224 e. The number of primary amides is 2. The molecule has 5 amide bonds. The quantitative estimate of drug-likeness (QED) is 0.0388. The van der Waals surface area contributed by atoms with Crippen LogP contribution in [0.4, 0.5) is 0 Å². The van der Waals surface area contributed by atoms with Crippen molar-refractivity contribution in [2.75, 3.05) is 92.4 Å². The van der Waals surface area contributed by atoms with Gasteiger partial charge in [0.15, 0.2) is 0 Å². The first-order valence-corrected chi connectivity index (χ1v) is 16.1. The number of amides is 5. The van der Waals surface area contributed by atoms with E-state index >= 15 is 0 Å². The zero-order chi connectivity index (χ0) is 35.2. The van der Waals surface area contributed by atoms with Crippen LogP contribution in [-0.2, 0) is 58.8 Å². The zero-order valence-corrected chi connectivity index (χ0v) is 28.0. The van der Waals surface area contributed by atoms with Gasteiger partial charge in [-0.1, -0.05) is 29.7 Å². The second-order valence-electron chi connectivity index (χ2n) is 10.7. The van der Waals surface area contributed by atoms with E-state index in [1.54, 1.807) is 0 Å². The van der Waals surface area contributed by atoms with E-state index in [4.69, 9.17) is 39.9 Å². The van der Waals surface area contributed by atoms with Crippen LogP contribution in [0, 0.1) is 0 Å². The third kappa shape index (κ3) is 26.5. The second kappa shape index (κ2) is 28.4. The summed E-state index contributed by atoms with van der Waals surface area (Å²) < 4.78 is 32.4. The van der Waals surface area contributed by atoms with E-state index in [2.05, 4.69) is 16.0 Å². The van der Waals surface area contributed by atoms with Crippen molar-refractivity contribution >= 4 is 42.8 Å². The summed E-state index contributed by atoms with van der Waals surface area (Å²) in [6.45, 7) is 3.54. The summed E-state index contributed by atoms with van der Waals surface area (Å²) >= 11 is 0. The molecule has 7 N–H and O–H groups in total. The highest BCUT2D eigenvalue weighted by Gasteiger charge is 2.15. The first kappa shape index (κ1) is 42.4. The van der Waals surface area contributed by atoms with Gasteiger partial charge in [-0.3, -0.25) is 24.0 Å². The van der Waals surface area contributed by atoms with Gasteiger partial charge in [0.1, 0.15) is 7.85 Å². The van der Waals surface area contributed by atoms with Gasteiger partial charge in [-0.05, 0) is 5.56 Å². The van der Waals surface area contributed by atoms with Crippen LogP contribution in [0.5, 0.6) is 0 Å². The molecule has 0 fully saturated rings. The number of carbonyl (C=O) groups excluding carboxylic acids is 5. The van der Waals surface area contributed by atoms with Crippen LogP contribution in [0.15, 0.2) is 24.3 Å². The highest BCUT2D eigenvalue weighted by molar-refractivity contribution is 6.32. The Morgan fingerprint density at radius 2 is 0.979 bits per heavy atom. The van der Waals surface area contributed by atoms with E-state index in [9.17, 15) is 24.0 Å². The minimum Gasteiger partial charge on any atom is -0.379 e. The van der Waals surface area contributed by atoms with Crippen LogP contribution >= 0.6 is 0 Å². The van der Waals surface area contributed by atoms with Crippen LogP contribution in [0.1, 0.15) is 31.2 Å². The number of benzene rings is 1. The Labute approximate surface area is 283 Å². The second-order valence-corrected chi connectivity index (χ2v) is 10.7. The van der Waals surface area contributed by atoms with E-state index in [-0.39, 0.29) is 89.5 Å². The number of rotatable bonds is 31. The van der Waals surface area contributed by atoms with Crippen LogP contribution in [-0.4, -0.2) is 136 Å². The predicted octanol–water partition coefficient (Wildman–Crippen LogP) is -3.16. The Bertz CT molecular complexity index is 1010. The van der Waals surface area contributed by atoms with E-state index in [0.29, 0.717) is 52.7 Å². The van der Waals surface area contributed by atoms with Crippen molar-refractivity contribution in [1.29, 1.82) is 0 Å². The van der Waals surface area contributed by atoms with Crippen LogP contribution in [0.3, 0.4) is 0 Å². The summed E-state index contributed by atoms with van der Waals surface area (Å²) in [6, 6.07) is 7.17. The summed E-state index contributed by atoms with van der Waals surface area (Å²) in [7, 11) is 1.97. The molecule has 270 valence electrons.